The number of hydrogen-bond donors (Lipinski definition) is 3. The molecule has 3 aromatic rings. The second kappa shape index (κ2) is 8.15. The molecule has 0 aliphatic heterocycles. The van der Waals surface area contributed by atoms with Gasteiger partial charge in [0.1, 0.15) is 0 Å². The highest BCUT2D eigenvalue weighted by Crippen LogP contribution is 2.29. The molecular formula is C21H26ClNO2. The molecule has 0 fully saturated rings. The lowest BCUT2D eigenvalue weighted by Gasteiger charge is -2.27. The summed E-state index contributed by atoms with van der Waals surface area (Å²) in [7, 11) is 0. The van der Waals surface area contributed by atoms with E-state index in [0.717, 1.165) is 6.42 Å². The standard InChI is InChI=1S/C21H25NO2.ClH/c1-3-15-8-9-19-17(10-15)11-16-6-4-5-7-18(16)20(19)12-22-21(2,13-23)14-24;/h4-11,22-24H,3,12-14H2,1-2H3;1H. The van der Waals surface area contributed by atoms with Gasteiger partial charge in [-0.25, -0.2) is 0 Å². The average Bonchev–Trinajstić information content (AvgIpc) is 2.64. The van der Waals surface area contributed by atoms with E-state index in [1.165, 1.54) is 32.7 Å². The van der Waals surface area contributed by atoms with Gasteiger partial charge in [-0.05, 0) is 52.1 Å². The Morgan fingerprint density at radius 3 is 2.28 bits per heavy atom. The number of aliphatic hydroxyl groups is 2. The highest BCUT2D eigenvalue weighted by atomic mass is 35.5. The van der Waals surface area contributed by atoms with Gasteiger partial charge >= 0.3 is 0 Å². The monoisotopic (exact) mass is 359 g/mol. The molecule has 0 heterocycles. The molecule has 0 atom stereocenters. The van der Waals surface area contributed by atoms with Crippen LogP contribution >= 0.6 is 12.4 Å². The first-order valence-corrected chi connectivity index (χ1v) is 8.50. The van der Waals surface area contributed by atoms with Crippen LogP contribution in [0.4, 0.5) is 0 Å². The van der Waals surface area contributed by atoms with Gasteiger partial charge in [-0.1, -0.05) is 49.4 Å². The average molecular weight is 360 g/mol. The summed E-state index contributed by atoms with van der Waals surface area (Å²) in [4.78, 5) is 0. The lowest BCUT2D eigenvalue weighted by atomic mass is 9.94. The Morgan fingerprint density at radius 1 is 0.920 bits per heavy atom. The summed E-state index contributed by atoms with van der Waals surface area (Å²) in [5.74, 6) is 0. The molecule has 0 aliphatic rings. The summed E-state index contributed by atoms with van der Waals surface area (Å²) >= 11 is 0. The number of nitrogens with one attached hydrogen (secondary N) is 1. The summed E-state index contributed by atoms with van der Waals surface area (Å²) in [5.41, 5.74) is 1.85. The van der Waals surface area contributed by atoms with Crippen molar-refractivity contribution in [2.75, 3.05) is 13.2 Å². The summed E-state index contributed by atoms with van der Waals surface area (Å²) in [6.07, 6.45) is 1.02. The molecule has 0 spiro atoms. The van der Waals surface area contributed by atoms with E-state index >= 15 is 0 Å². The van der Waals surface area contributed by atoms with Gasteiger partial charge in [0.15, 0.2) is 0 Å². The topological polar surface area (TPSA) is 52.5 Å². The van der Waals surface area contributed by atoms with Gasteiger partial charge in [0.2, 0.25) is 0 Å². The van der Waals surface area contributed by atoms with Crippen LogP contribution in [0.3, 0.4) is 0 Å². The number of fused-ring (bicyclic) bond motifs is 2. The predicted octanol–water partition coefficient (Wildman–Crippen LogP) is 3.81. The molecule has 3 aromatic carbocycles. The molecule has 0 aliphatic carbocycles. The molecule has 0 amide bonds. The Kier molecular flexibility index (Phi) is 6.42. The molecule has 0 radical (unpaired) electrons. The van der Waals surface area contributed by atoms with E-state index in [0.29, 0.717) is 6.54 Å². The normalized spacial score (nSPS) is 11.7. The van der Waals surface area contributed by atoms with Crippen molar-refractivity contribution >= 4 is 34.0 Å². The van der Waals surface area contributed by atoms with Crippen molar-refractivity contribution in [2.45, 2.75) is 32.4 Å². The van der Waals surface area contributed by atoms with E-state index in [4.69, 9.17) is 0 Å². The second-order valence-corrected chi connectivity index (χ2v) is 6.72. The van der Waals surface area contributed by atoms with Crippen LogP contribution < -0.4 is 5.32 Å². The number of aryl methyl sites for hydroxylation is 1. The lowest BCUT2D eigenvalue weighted by Crippen LogP contribution is -2.48. The molecule has 3 nitrogen and oxygen atoms in total. The highest BCUT2D eigenvalue weighted by molar-refractivity contribution is 6.02. The third kappa shape index (κ3) is 3.96. The van der Waals surface area contributed by atoms with Crippen LogP contribution in [-0.4, -0.2) is 29.0 Å². The van der Waals surface area contributed by atoms with Crippen LogP contribution in [-0.2, 0) is 13.0 Å². The van der Waals surface area contributed by atoms with Crippen LogP contribution in [0.15, 0.2) is 48.5 Å². The molecule has 25 heavy (non-hydrogen) atoms. The van der Waals surface area contributed by atoms with E-state index in [1.54, 1.807) is 0 Å². The van der Waals surface area contributed by atoms with Crippen molar-refractivity contribution < 1.29 is 10.2 Å². The lowest BCUT2D eigenvalue weighted by molar-refractivity contribution is 0.103. The largest absolute Gasteiger partial charge is 0.394 e. The van der Waals surface area contributed by atoms with Gasteiger partial charge in [0.05, 0.1) is 18.8 Å². The SMILES string of the molecule is CCc1ccc2c(CNC(C)(CO)CO)c3ccccc3cc2c1.Cl. The molecule has 0 saturated heterocycles. The minimum atomic E-state index is -0.688. The maximum absolute atomic E-state index is 9.54. The minimum Gasteiger partial charge on any atom is -0.394 e. The van der Waals surface area contributed by atoms with E-state index in [1.807, 2.05) is 6.92 Å². The number of benzene rings is 3. The molecular weight excluding hydrogens is 334 g/mol. The summed E-state index contributed by atoms with van der Waals surface area (Å²) in [6.45, 7) is 4.38. The number of hydrogen-bond acceptors (Lipinski definition) is 3. The first-order chi connectivity index (χ1) is 11.6. The third-order valence-electron chi connectivity index (χ3n) is 4.84. The molecule has 4 heteroatoms. The number of aliphatic hydroxyl groups excluding tert-OH is 2. The smallest absolute Gasteiger partial charge is 0.0633 e. The van der Waals surface area contributed by atoms with Crippen LogP contribution in [0.1, 0.15) is 25.0 Å². The molecule has 3 N–H and O–H groups in total. The van der Waals surface area contributed by atoms with Crippen molar-refractivity contribution in [1.29, 1.82) is 0 Å². The van der Waals surface area contributed by atoms with Gasteiger partial charge in [-0.2, -0.15) is 0 Å². The van der Waals surface area contributed by atoms with Crippen LogP contribution in [0.25, 0.3) is 21.5 Å². The Hall–Kier alpha value is -1.65. The van der Waals surface area contributed by atoms with Crippen LogP contribution in [0.5, 0.6) is 0 Å². The Bertz CT molecular complexity index is 859. The van der Waals surface area contributed by atoms with Crippen molar-refractivity contribution in [3.63, 3.8) is 0 Å². The summed E-state index contributed by atoms with van der Waals surface area (Å²) < 4.78 is 0. The van der Waals surface area contributed by atoms with Crippen molar-refractivity contribution in [3.05, 3.63) is 59.7 Å². The Morgan fingerprint density at radius 2 is 1.60 bits per heavy atom. The molecule has 0 aromatic heterocycles. The first-order valence-electron chi connectivity index (χ1n) is 8.50. The fourth-order valence-corrected chi connectivity index (χ4v) is 3.09. The van der Waals surface area contributed by atoms with E-state index < -0.39 is 5.54 Å². The zero-order valence-corrected chi connectivity index (χ0v) is 15.6. The van der Waals surface area contributed by atoms with Crippen molar-refractivity contribution in [1.82, 2.24) is 5.32 Å². The van der Waals surface area contributed by atoms with Gasteiger partial charge in [-0.15, -0.1) is 12.4 Å². The van der Waals surface area contributed by atoms with Gasteiger partial charge < -0.3 is 15.5 Å². The Labute approximate surface area is 155 Å². The zero-order valence-electron chi connectivity index (χ0n) is 14.7. The van der Waals surface area contributed by atoms with Crippen molar-refractivity contribution in [2.24, 2.45) is 0 Å². The second-order valence-electron chi connectivity index (χ2n) is 6.72. The van der Waals surface area contributed by atoms with Crippen molar-refractivity contribution in [3.8, 4) is 0 Å². The molecule has 134 valence electrons. The van der Waals surface area contributed by atoms with Gasteiger partial charge in [-0.3, -0.25) is 0 Å². The fourth-order valence-electron chi connectivity index (χ4n) is 3.09. The highest BCUT2D eigenvalue weighted by Gasteiger charge is 2.22. The third-order valence-corrected chi connectivity index (χ3v) is 4.84. The van der Waals surface area contributed by atoms with E-state index in [-0.39, 0.29) is 25.6 Å². The fraction of sp³-hybridized carbons (Fsp3) is 0.333. The number of halogens is 1. The van der Waals surface area contributed by atoms with Gasteiger partial charge in [0, 0.05) is 6.54 Å². The molecule has 0 bridgehead atoms. The summed E-state index contributed by atoms with van der Waals surface area (Å²) in [5, 5.41) is 27.3. The van der Waals surface area contributed by atoms with Gasteiger partial charge in [0.25, 0.3) is 0 Å². The summed E-state index contributed by atoms with van der Waals surface area (Å²) in [6, 6.07) is 17.2. The minimum absolute atomic E-state index is 0. The predicted molar refractivity (Wildman–Crippen MR) is 107 cm³/mol. The first kappa shape index (κ1) is 19.7. The van der Waals surface area contributed by atoms with Crippen LogP contribution in [0.2, 0.25) is 0 Å². The zero-order chi connectivity index (χ0) is 17.2. The molecule has 0 saturated carbocycles. The quantitative estimate of drug-likeness (QED) is 0.586. The van der Waals surface area contributed by atoms with Crippen LogP contribution in [0, 0.1) is 0 Å². The molecule has 3 rings (SSSR count). The number of rotatable bonds is 6. The Balaban J connectivity index is 0.00000225. The van der Waals surface area contributed by atoms with E-state index in [2.05, 4.69) is 60.8 Å². The van der Waals surface area contributed by atoms with E-state index in [9.17, 15) is 10.2 Å². The maximum Gasteiger partial charge on any atom is 0.0633 e. The maximum atomic E-state index is 9.54. The molecule has 0 unspecified atom stereocenters.